The third-order valence-electron chi connectivity index (χ3n) is 4.85. The Balaban J connectivity index is 1.65. The van der Waals surface area contributed by atoms with E-state index in [4.69, 9.17) is 5.10 Å². The van der Waals surface area contributed by atoms with Crippen molar-refractivity contribution >= 4 is 27.3 Å². The molecule has 0 aliphatic carbocycles. The van der Waals surface area contributed by atoms with Crippen LogP contribution in [0.2, 0.25) is 0 Å². The van der Waals surface area contributed by atoms with E-state index in [2.05, 4.69) is 41.9 Å². The molecule has 1 heterocycles. The molecule has 0 aromatic heterocycles. The van der Waals surface area contributed by atoms with E-state index < -0.39 is 11.7 Å². The molecule has 0 saturated heterocycles. The number of halogens is 4. The van der Waals surface area contributed by atoms with Crippen LogP contribution in [-0.4, -0.2) is 12.3 Å². The van der Waals surface area contributed by atoms with Gasteiger partial charge in [0.2, 0.25) is 0 Å². The fourth-order valence-corrected chi connectivity index (χ4v) is 3.52. The molecule has 2 aromatic rings. The van der Waals surface area contributed by atoms with Crippen molar-refractivity contribution in [2.45, 2.75) is 39.3 Å². The van der Waals surface area contributed by atoms with Crippen molar-refractivity contribution in [3.63, 3.8) is 0 Å². The molecule has 0 N–H and O–H groups in total. The van der Waals surface area contributed by atoms with Crippen LogP contribution in [0.4, 0.5) is 18.9 Å². The quantitative estimate of drug-likeness (QED) is 0.507. The van der Waals surface area contributed by atoms with Gasteiger partial charge < -0.3 is 0 Å². The highest BCUT2D eigenvalue weighted by molar-refractivity contribution is 9.10. The van der Waals surface area contributed by atoms with Crippen molar-refractivity contribution in [1.82, 2.24) is 0 Å². The summed E-state index contributed by atoms with van der Waals surface area (Å²) in [6, 6.07) is 13.5. The van der Waals surface area contributed by atoms with Crippen molar-refractivity contribution in [2.24, 2.45) is 10.5 Å². The molecule has 0 bridgehead atoms. The van der Waals surface area contributed by atoms with Gasteiger partial charge in [0.25, 0.3) is 0 Å². The molecule has 2 aromatic carbocycles. The fraction of sp³-hybridized carbons (Fsp3) is 0.381. The molecule has 144 valence electrons. The Morgan fingerprint density at radius 1 is 1.00 bits per heavy atom. The summed E-state index contributed by atoms with van der Waals surface area (Å²) < 4.78 is 39.3. The van der Waals surface area contributed by atoms with Crippen LogP contribution in [0.25, 0.3) is 0 Å². The van der Waals surface area contributed by atoms with E-state index in [1.807, 2.05) is 17.1 Å². The zero-order chi connectivity index (χ0) is 19.7. The van der Waals surface area contributed by atoms with Gasteiger partial charge >= 0.3 is 6.18 Å². The molecule has 6 heteroatoms. The van der Waals surface area contributed by atoms with Gasteiger partial charge in [-0.2, -0.15) is 18.3 Å². The molecule has 0 fully saturated rings. The minimum atomic E-state index is -4.32. The van der Waals surface area contributed by atoms with Gasteiger partial charge in [0, 0.05) is 15.6 Å². The van der Waals surface area contributed by atoms with Gasteiger partial charge in [-0.3, -0.25) is 5.01 Å². The monoisotopic (exact) mass is 438 g/mol. The first-order chi connectivity index (χ1) is 12.6. The molecule has 0 spiro atoms. The zero-order valence-electron chi connectivity index (χ0n) is 15.4. The highest BCUT2D eigenvalue weighted by Crippen LogP contribution is 2.35. The van der Waals surface area contributed by atoms with E-state index in [9.17, 15) is 13.2 Å². The molecular weight excluding hydrogens is 417 g/mol. The first-order valence-electron chi connectivity index (χ1n) is 8.92. The van der Waals surface area contributed by atoms with Crippen LogP contribution in [0.3, 0.4) is 0 Å². The van der Waals surface area contributed by atoms with E-state index in [1.54, 1.807) is 0 Å². The fourth-order valence-electron chi connectivity index (χ4n) is 3.25. The third kappa shape index (κ3) is 4.92. The predicted octanol–water partition coefficient (Wildman–Crippen LogP) is 6.69. The number of hydrogen-bond acceptors (Lipinski definition) is 2. The van der Waals surface area contributed by atoms with E-state index >= 15 is 0 Å². The van der Waals surface area contributed by atoms with Crippen LogP contribution in [0.1, 0.15) is 37.8 Å². The second-order valence-corrected chi connectivity index (χ2v) is 8.43. The van der Waals surface area contributed by atoms with E-state index in [1.165, 1.54) is 17.7 Å². The van der Waals surface area contributed by atoms with Gasteiger partial charge in [0.1, 0.15) is 0 Å². The first kappa shape index (κ1) is 19.9. The molecule has 0 atom stereocenters. The van der Waals surface area contributed by atoms with Crippen LogP contribution >= 0.6 is 15.9 Å². The Labute approximate surface area is 166 Å². The lowest BCUT2D eigenvalue weighted by molar-refractivity contribution is -0.137. The molecule has 0 unspecified atom stereocenters. The number of rotatable bonds is 5. The van der Waals surface area contributed by atoms with Crippen LogP contribution in [0, 0.1) is 5.41 Å². The second-order valence-electron chi connectivity index (χ2n) is 7.51. The Hall–Kier alpha value is -1.82. The molecule has 27 heavy (non-hydrogen) atoms. The first-order valence-corrected chi connectivity index (χ1v) is 9.72. The number of benzene rings is 2. The van der Waals surface area contributed by atoms with Crippen molar-refractivity contribution in [3.05, 3.63) is 64.1 Å². The Bertz CT molecular complexity index is 809. The minimum absolute atomic E-state index is 0.0948. The maximum Gasteiger partial charge on any atom is 0.416 e. The van der Waals surface area contributed by atoms with Gasteiger partial charge in [0.05, 0.1) is 17.8 Å². The average Bonchev–Trinajstić information content (AvgIpc) is 2.91. The molecule has 0 amide bonds. The minimum Gasteiger partial charge on any atom is -0.265 e. The van der Waals surface area contributed by atoms with E-state index in [0.29, 0.717) is 12.2 Å². The summed E-state index contributed by atoms with van der Waals surface area (Å²) >= 11 is 3.44. The highest BCUT2D eigenvalue weighted by atomic mass is 79.9. The lowest BCUT2D eigenvalue weighted by Crippen LogP contribution is -2.27. The predicted molar refractivity (Wildman–Crippen MR) is 107 cm³/mol. The molecule has 2 nitrogen and oxygen atoms in total. The van der Waals surface area contributed by atoms with Crippen LogP contribution in [0.15, 0.2) is 58.1 Å². The molecule has 0 saturated carbocycles. The smallest absolute Gasteiger partial charge is 0.265 e. The van der Waals surface area contributed by atoms with Gasteiger partial charge in [-0.05, 0) is 61.2 Å². The van der Waals surface area contributed by atoms with E-state index in [-0.39, 0.29) is 5.41 Å². The van der Waals surface area contributed by atoms with Crippen LogP contribution < -0.4 is 5.01 Å². The second kappa shape index (κ2) is 7.66. The molecule has 3 rings (SSSR count). The number of alkyl halides is 3. The van der Waals surface area contributed by atoms with Crippen molar-refractivity contribution in [1.29, 1.82) is 0 Å². The third-order valence-corrected chi connectivity index (χ3v) is 5.38. The average molecular weight is 439 g/mol. The summed E-state index contributed by atoms with van der Waals surface area (Å²) in [5.41, 5.74) is 2.35. The maximum atomic E-state index is 12.7. The summed E-state index contributed by atoms with van der Waals surface area (Å²) in [5.74, 6) is 0. The summed E-state index contributed by atoms with van der Waals surface area (Å²) in [6.07, 6.45) is -1.47. The largest absolute Gasteiger partial charge is 0.416 e. The van der Waals surface area contributed by atoms with Crippen molar-refractivity contribution in [2.75, 3.05) is 11.6 Å². The number of hydrogen-bond donors (Lipinski definition) is 0. The molecule has 0 radical (unpaired) electrons. The highest BCUT2D eigenvalue weighted by Gasteiger charge is 2.35. The van der Waals surface area contributed by atoms with Crippen molar-refractivity contribution in [3.8, 4) is 0 Å². The Morgan fingerprint density at radius 2 is 1.63 bits per heavy atom. The maximum absolute atomic E-state index is 12.7. The van der Waals surface area contributed by atoms with Crippen molar-refractivity contribution < 1.29 is 13.2 Å². The molecule has 1 aliphatic rings. The number of nitrogens with zero attached hydrogens (tertiary/aromatic N) is 2. The van der Waals surface area contributed by atoms with E-state index in [0.717, 1.165) is 41.6 Å². The Kier molecular flexibility index (Phi) is 5.65. The lowest BCUT2D eigenvalue weighted by atomic mass is 9.85. The summed E-state index contributed by atoms with van der Waals surface area (Å²) in [4.78, 5) is 0. The molecule has 1 aliphatic heterocycles. The van der Waals surface area contributed by atoms with Gasteiger partial charge in [0.15, 0.2) is 0 Å². The standard InChI is InChI=1S/C21H22BrF3N2/c1-20(2)14-27(18-12-8-16(9-13-18)21(23,24)25)26-19(20)5-3-4-15-6-10-17(22)11-7-15/h6-13H,3-5,14H2,1-2H3. The SMILES string of the molecule is CC1(C)CN(c2ccc(C(F)(F)F)cc2)N=C1CCCc1ccc(Br)cc1. The summed E-state index contributed by atoms with van der Waals surface area (Å²) in [7, 11) is 0. The van der Waals surface area contributed by atoms with Gasteiger partial charge in [-0.1, -0.05) is 41.9 Å². The summed E-state index contributed by atoms with van der Waals surface area (Å²) in [5, 5.41) is 6.52. The lowest BCUT2D eigenvalue weighted by Gasteiger charge is -2.21. The molecular formula is C21H22BrF3N2. The number of anilines is 1. The van der Waals surface area contributed by atoms with Crippen LogP contribution in [-0.2, 0) is 12.6 Å². The van der Waals surface area contributed by atoms with Gasteiger partial charge in [-0.15, -0.1) is 0 Å². The Morgan fingerprint density at radius 3 is 2.22 bits per heavy atom. The normalized spacial score (nSPS) is 16.5. The van der Waals surface area contributed by atoms with Gasteiger partial charge in [-0.25, -0.2) is 0 Å². The summed E-state index contributed by atoms with van der Waals surface area (Å²) in [6.45, 7) is 4.94. The topological polar surface area (TPSA) is 15.6 Å². The number of aryl methyl sites for hydroxylation is 1. The number of hydrazone groups is 1. The zero-order valence-corrected chi connectivity index (χ0v) is 16.9. The van der Waals surface area contributed by atoms with Crippen LogP contribution in [0.5, 0.6) is 0 Å².